The molecule has 16 bridgehead atoms. The third kappa shape index (κ3) is 23.6. The van der Waals surface area contributed by atoms with Crippen LogP contribution in [0.5, 0.6) is 69.0 Å². The second-order valence-corrected chi connectivity index (χ2v) is 37.3. The topological polar surface area (TPSA) is 322 Å². The van der Waals surface area contributed by atoms with Crippen molar-refractivity contribution in [2.45, 2.75) is 237 Å². The number of aromatic nitrogens is 16. The molecule has 28 nitrogen and oxygen atoms in total. The van der Waals surface area contributed by atoms with Gasteiger partial charge in [0.2, 0.25) is 0 Å². The summed E-state index contributed by atoms with van der Waals surface area (Å²) < 4.78 is 79.8. The van der Waals surface area contributed by atoms with E-state index >= 15 is 0 Å². The van der Waals surface area contributed by atoms with E-state index in [1.807, 2.05) is 97.1 Å². The Balaban J connectivity index is 0.00000765. The number of rotatable bonds is 48. The Bertz CT molecular complexity index is 7110. The Kier molecular flexibility index (Phi) is 36.1. The molecule has 0 radical (unpaired) electrons. The molecule has 0 fully saturated rings. The van der Waals surface area contributed by atoms with Gasteiger partial charge in [-0.25, -0.2) is 19.9 Å². The smallest absolute Gasteiger partial charge is 0.490 e. The van der Waals surface area contributed by atoms with Gasteiger partial charge in [-0.3, -0.25) is 0 Å². The van der Waals surface area contributed by atoms with Crippen molar-refractivity contribution in [2.24, 2.45) is 0 Å². The van der Waals surface area contributed by atoms with Crippen molar-refractivity contribution in [3.05, 3.63) is 119 Å². The maximum Gasteiger partial charge on any atom is 2.00 e. The molecule has 0 spiro atoms. The van der Waals surface area contributed by atoms with Gasteiger partial charge in [0.05, 0.1) is 126 Å². The average molecular weight is 2110 g/mol. The summed E-state index contributed by atoms with van der Waals surface area (Å²) in [7, 11) is 0. The van der Waals surface area contributed by atoms with Crippen LogP contribution in [-0.4, -0.2) is 139 Å². The third-order valence-corrected chi connectivity index (χ3v) is 26.0. The molecule has 760 valence electrons. The molecule has 5 aliphatic rings. The first kappa shape index (κ1) is 107. The summed E-state index contributed by atoms with van der Waals surface area (Å²) in [6, 6.07) is 31.1. The Morgan fingerprint density at radius 2 is 0.287 bits per heavy atom. The van der Waals surface area contributed by atoms with Gasteiger partial charge in [0.15, 0.2) is 69.0 Å². The maximum atomic E-state index is 6.67. The standard InChI is InChI=1S/C120H124N16O12.2Zn/c1-13-25-45-137-93-61-81-85(65-97(93)141-49-29-17-5)113-127-109(81)123-105-77-57-73-41-37-38-43-75-59-79-80(60-76(75)44-40-39-42-74(73)58-78(77)106(121-105)124-110-82-62-94(138-46-26-14-2)98(142-50-30-18-6)66-86(82)114(128-110)132-118-90-70-102(146-54-34-22-10)101(145-53-33-21-9)69-89(90)117(131-113)135-118)108-122-107(79)125-111-83-63-95(139-47-27-15-3)99(143-51-31-19-7)67-87(83)115(129-111)133-119-91-71-103(147-55-35-23-11)104(148-56-36-24-12)72-92(91)120(136-119)134-116-88-68-100(144-52-32-20-8)96(140-48-28-16-4)64-84(88)112(126-108)130-116;;/h57-72H,13-36,45-56H2,1-12H3;;/q-4;2*+2. The quantitative estimate of drug-likeness (QED) is 0.0194. The average Bonchev–Trinajstić information content (AvgIpc) is 1.59. The van der Waals surface area contributed by atoms with Gasteiger partial charge in [-0.15, -0.1) is 0 Å². The van der Waals surface area contributed by atoms with Crippen molar-refractivity contribution in [3.63, 3.8) is 0 Å². The molecular weight excluding hydrogens is 1990 g/mol. The molecule has 4 aliphatic heterocycles. The van der Waals surface area contributed by atoms with Crippen LogP contribution in [0.25, 0.3) is 179 Å². The fraction of sp³-hybridized carbons (Fsp3) is 0.400. The zero-order chi connectivity index (χ0) is 102. The molecule has 10 heterocycles. The van der Waals surface area contributed by atoms with Crippen LogP contribution in [0.15, 0.2) is 97.1 Å². The number of unbranched alkanes of at least 4 members (excludes halogenated alkanes) is 12. The van der Waals surface area contributed by atoms with Gasteiger partial charge in [0.25, 0.3) is 0 Å². The number of hydrogen-bond donors (Lipinski definition) is 0. The first-order valence-corrected chi connectivity index (χ1v) is 53.3. The monoisotopic (exact) mass is 2110 g/mol. The van der Waals surface area contributed by atoms with E-state index < -0.39 is 0 Å². The third-order valence-electron chi connectivity index (χ3n) is 26.0. The molecule has 1 aliphatic carbocycles. The summed E-state index contributed by atoms with van der Waals surface area (Å²) in [6.45, 7) is 31.0. The van der Waals surface area contributed by atoms with Gasteiger partial charge in [0, 0.05) is 112 Å². The van der Waals surface area contributed by atoms with Crippen LogP contribution in [0.1, 0.15) is 259 Å². The first-order valence-electron chi connectivity index (χ1n) is 53.3. The first-order chi connectivity index (χ1) is 72.8. The van der Waals surface area contributed by atoms with Gasteiger partial charge >= 0.3 is 39.0 Å². The predicted octanol–water partition coefficient (Wildman–Crippen LogP) is 25.8. The van der Waals surface area contributed by atoms with E-state index in [2.05, 4.69) is 130 Å². The molecule has 30 heteroatoms. The fourth-order valence-corrected chi connectivity index (χ4v) is 17.5. The molecule has 8 aromatic carbocycles. The molecule has 0 saturated heterocycles. The van der Waals surface area contributed by atoms with Crippen molar-refractivity contribution < 1.29 is 95.8 Å². The van der Waals surface area contributed by atoms with Crippen LogP contribution in [0, 0.1) is 47.4 Å². The van der Waals surface area contributed by atoms with Crippen molar-refractivity contribution >= 4 is 88.3 Å². The summed E-state index contributed by atoms with van der Waals surface area (Å²) in [6.07, 6.45) is 20.8. The van der Waals surface area contributed by atoms with E-state index in [1.165, 1.54) is 0 Å². The van der Waals surface area contributed by atoms with Gasteiger partial charge < -0.3 is 117 Å². The molecular formula is C120H124N16O12Zn2. The van der Waals surface area contributed by atoms with E-state index in [0.29, 0.717) is 304 Å². The van der Waals surface area contributed by atoms with E-state index in [9.17, 15) is 0 Å². The van der Waals surface area contributed by atoms with E-state index in [-0.39, 0.29) is 84.8 Å². The summed E-state index contributed by atoms with van der Waals surface area (Å²) >= 11 is 0. The van der Waals surface area contributed by atoms with Gasteiger partial charge in [-0.05, 0) is 241 Å². The van der Waals surface area contributed by atoms with Crippen LogP contribution in [-0.2, 0) is 39.0 Å². The largest absolute Gasteiger partial charge is 2.00 e. The second kappa shape index (κ2) is 50.7. The predicted molar refractivity (Wildman–Crippen MR) is 580 cm³/mol. The Morgan fingerprint density at radius 1 is 0.167 bits per heavy atom. The molecule has 6 aromatic heterocycles. The van der Waals surface area contributed by atoms with E-state index in [0.717, 1.165) is 154 Å². The second-order valence-electron chi connectivity index (χ2n) is 37.3. The SMILES string of the molecule is CCCCOc1cc2c(cc1OCCCC)-c1nc-2nc2[n-]c(nc3nc(nc4[n-]c(n1)c1cc(OCCCC)c(OCCCC)cc41)-c1cc(OCCCC)c(OCCCC)cc1-3)c1cc3c(cc21)C#CC#Cc1cc2c4nc5nc(nc6[n-]c(nc7nc(nc([n-]4)c2cc1C#CC#C3)-c1cc(OCCCC)c(OCCCC)cc1-7)c1cc(OCCCC)c(OCCCC)cc61)-c1cc(OCCCC)c(OCCCC)cc1-5.[Zn+2].[Zn+2]. The summed E-state index contributed by atoms with van der Waals surface area (Å²) in [5, 5.41) is 4.85. The van der Waals surface area contributed by atoms with Gasteiger partial charge in [0.1, 0.15) is 0 Å². The minimum atomic E-state index is 0. The van der Waals surface area contributed by atoms with Crippen LogP contribution in [0.3, 0.4) is 0 Å². The molecule has 0 amide bonds. The van der Waals surface area contributed by atoms with Crippen molar-refractivity contribution in [1.82, 2.24) is 79.7 Å². The van der Waals surface area contributed by atoms with Crippen LogP contribution >= 0.6 is 0 Å². The summed E-state index contributed by atoms with van der Waals surface area (Å²) in [5.41, 5.74) is 9.35. The number of nitrogens with zero attached hydrogens (tertiary/aromatic N) is 16. The zero-order valence-corrected chi connectivity index (χ0v) is 94.1. The maximum absolute atomic E-state index is 6.67. The van der Waals surface area contributed by atoms with Gasteiger partial charge in [-0.1, -0.05) is 184 Å². The van der Waals surface area contributed by atoms with E-state index in [4.69, 9.17) is 137 Å². The van der Waals surface area contributed by atoms with E-state index in [1.54, 1.807) is 0 Å². The molecule has 14 aromatic rings. The Morgan fingerprint density at radius 3 is 0.413 bits per heavy atom. The Labute approximate surface area is 900 Å². The number of fused-ring (bicyclic) bond motifs is 42. The number of hydrogen-bond acceptors (Lipinski definition) is 24. The normalized spacial score (nSPS) is 11.7. The molecule has 150 heavy (non-hydrogen) atoms. The minimum absolute atomic E-state index is 0. The molecule has 0 N–H and O–H groups in total. The van der Waals surface area contributed by atoms with Crippen LogP contribution in [0.2, 0.25) is 0 Å². The summed E-state index contributed by atoms with van der Waals surface area (Å²) in [4.78, 5) is 87.3. The van der Waals surface area contributed by atoms with Crippen molar-refractivity contribution in [2.75, 3.05) is 79.3 Å². The van der Waals surface area contributed by atoms with Gasteiger partial charge in [-0.2, -0.15) is 0 Å². The molecule has 0 atom stereocenters. The number of ether oxygens (including phenoxy) is 12. The van der Waals surface area contributed by atoms with Crippen LogP contribution < -0.4 is 76.8 Å². The fourth-order valence-electron chi connectivity index (χ4n) is 17.5. The van der Waals surface area contributed by atoms with Crippen LogP contribution in [0.4, 0.5) is 0 Å². The molecule has 19 rings (SSSR count). The zero-order valence-electron chi connectivity index (χ0n) is 88.2. The van der Waals surface area contributed by atoms with Crippen molar-refractivity contribution in [1.29, 1.82) is 0 Å². The minimum Gasteiger partial charge on any atom is -0.490 e. The Hall–Kier alpha value is -14.4. The number of benzene rings is 8. The molecule has 0 unspecified atom stereocenters. The summed E-state index contributed by atoms with van der Waals surface area (Å²) in [5.74, 6) is 35.7. The van der Waals surface area contributed by atoms with Crippen molar-refractivity contribution in [3.8, 4) is 207 Å². The molecule has 0 saturated carbocycles.